The highest BCUT2D eigenvalue weighted by Crippen LogP contribution is 2.39. The van der Waals surface area contributed by atoms with Crippen molar-refractivity contribution in [3.63, 3.8) is 0 Å². The number of nitrogens with one attached hydrogen (secondary N) is 1. The number of para-hydroxylation sites is 1. The Bertz CT molecular complexity index is 938. The number of piperidine rings is 1. The Hall–Kier alpha value is -1.64. The lowest BCUT2D eigenvalue weighted by Gasteiger charge is -2.42. The van der Waals surface area contributed by atoms with Gasteiger partial charge in [0.05, 0.1) is 24.0 Å². The van der Waals surface area contributed by atoms with Crippen molar-refractivity contribution in [3.05, 3.63) is 29.8 Å². The summed E-state index contributed by atoms with van der Waals surface area (Å²) in [5, 5.41) is -0.311. The normalized spacial score (nSPS) is 31.6. The van der Waals surface area contributed by atoms with E-state index in [0.29, 0.717) is 19.1 Å². The Balaban J connectivity index is 1.38. The maximum absolute atomic E-state index is 13.3. The quantitative estimate of drug-likeness (QED) is 0.723. The third-order valence-corrected chi connectivity index (χ3v) is 10.0. The SMILES string of the molecule is O=C1COc2ccccc2C2CCC(CC2)OC[C@H]2[C@@H](NS(=O)(=O)C3CCCC3)CCCN12. The fraction of sp³-hybridized carbons (Fsp3) is 0.720. The van der Waals surface area contributed by atoms with Crippen LogP contribution in [-0.4, -0.2) is 62.4 Å². The van der Waals surface area contributed by atoms with E-state index in [2.05, 4.69) is 10.8 Å². The van der Waals surface area contributed by atoms with E-state index in [4.69, 9.17) is 9.47 Å². The summed E-state index contributed by atoms with van der Waals surface area (Å²) in [5.74, 6) is 1.11. The number of rotatable bonds is 3. The van der Waals surface area contributed by atoms with Crippen LogP contribution < -0.4 is 9.46 Å². The van der Waals surface area contributed by atoms with Crippen LogP contribution in [-0.2, 0) is 19.6 Å². The number of carbonyl (C=O) groups excluding carboxylic acids is 1. The van der Waals surface area contributed by atoms with Gasteiger partial charge in [-0.1, -0.05) is 31.0 Å². The minimum absolute atomic E-state index is 0.0360. The van der Waals surface area contributed by atoms with Gasteiger partial charge in [-0.25, -0.2) is 13.1 Å². The van der Waals surface area contributed by atoms with Crippen LogP contribution in [0.4, 0.5) is 0 Å². The van der Waals surface area contributed by atoms with E-state index in [1.807, 2.05) is 18.2 Å². The van der Waals surface area contributed by atoms with Crippen LogP contribution in [0, 0.1) is 0 Å². The molecule has 6 rings (SSSR count). The van der Waals surface area contributed by atoms with E-state index < -0.39 is 10.0 Å². The number of amides is 1. The van der Waals surface area contributed by atoms with E-state index in [1.165, 1.54) is 5.56 Å². The molecule has 2 bridgehead atoms. The van der Waals surface area contributed by atoms with Crippen molar-refractivity contribution in [2.75, 3.05) is 19.8 Å². The van der Waals surface area contributed by atoms with Crippen LogP contribution in [0.5, 0.6) is 5.75 Å². The minimum atomic E-state index is -3.41. The maximum Gasteiger partial charge on any atom is 0.260 e. The number of nitrogens with zero attached hydrogens (tertiary/aromatic N) is 1. The molecule has 0 spiro atoms. The zero-order valence-electron chi connectivity index (χ0n) is 19.3. The van der Waals surface area contributed by atoms with Gasteiger partial charge in [0.1, 0.15) is 5.75 Å². The molecule has 5 aliphatic rings. The Morgan fingerprint density at radius 1 is 0.939 bits per heavy atom. The van der Waals surface area contributed by atoms with E-state index in [9.17, 15) is 13.2 Å². The van der Waals surface area contributed by atoms with Gasteiger partial charge in [-0.15, -0.1) is 0 Å². The lowest BCUT2D eigenvalue weighted by atomic mass is 9.82. The molecule has 3 aliphatic heterocycles. The second kappa shape index (κ2) is 9.92. The highest BCUT2D eigenvalue weighted by Gasteiger charge is 2.40. The lowest BCUT2D eigenvalue weighted by Crippen LogP contribution is -2.60. The number of carbonyl (C=O) groups is 1. The first kappa shape index (κ1) is 23.1. The van der Waals surface area contributed by atoms with Crippen molar-refractivity contribution in [1.82, 2.24) is 9.62 Å². The van der Waals surface area contributed by atoms with Gasteiger partial charge in [0.25, 0.3) is 5.91 Å². The molecule has 2 aliphatic carbocycles. The van der Waals surface area contributed by atoms with Crippen molar-refractivity contribution < 1.29 is 22.7 Å². The maximum atomic E-state index is 13.3. The van der Waals surface area contributed by atoms with Gasteiger partial charge < -0.3 is 14.4 Å². The average Bonchev–Trinajstić information content (AvgIpc) is 3.38. The Morgan fingerprint density at radius 2 is 1.70 bits per heavy atom. The molecular weight excluding hydrogens is 440 g/mol. The first-order valence-electron chi connectivity index (χ1n) is 12.7. The van der Waals surface area contributed by atoms with Gasteiger partial charge in [0.2, 0.25) is 10.0 Å². The van der Waals surface area contributed by atoms with Crippen LogP contribution in [0.25, 0.3) is 0 Å². The number of benzene rings is 1. The molecule has 0 aromatic heterocycles. The molecule has 1 aromatic rings. The molecule has 3 fully saturated rings. The fourth-order valence-corrected chi connectivity index (χ4v) is 8.01. The summed E-state index contributed by atoms with van der Waals surface area (Å²) in [6.45, 7) is 0.935. The van der Waals surface area contributed by atoms with Gasteiger partial charge in [-0.05, 0) is 68.9 Å². The van der Waals surface area contributed by atoms with Crippen LogP contribution >= 0.6 is 0 Å². The molecule has 8 heteroatoms. The topological polar surface area (TPSA) is 84.9 Å². The van der Waals surface area contributed by atoms with Crippen molar-refractivity contribution in [3.8, 4) is 5.75 Å². The predicted molar refractivity (Wildman–Crippen MR) is 126 cm³/mol. The molecule has 0 radical (unpaired) electrons. The third-order valence-electron chi connectivity index (χ3n) is 8.04. The van der Waals surface area contributed by atoms with Crippen molar-refractivity contribution in [1.29, 1.82) is 0 Å². The Labute approximate surface area is 197 Å². The first-order chi connectivity index (χ1) is 16.0. The molecule has 1 saturated heterocycles. The lowest BCUT2D eigenvalue weighted by molar-refractivity contribution is -0.140. The molecule has 33 heavy (non-hydrogen) atoms. The van der Waals surface area contributed by atoms with Crippen LogP contribution in [0.2, 0.25) is 0 Å². The third kappa shape index (κ3) is 5.08. The van der Waals surface area contributed by atoms with Crippen molar-refractivity contribution in [2.45, 2.75) is 93.6 Å². The monoisotopic (exact) mass is 476 g/mol. The van der Waals surface area contributed by atoms with Gasteiger partial charge in [0, 0.05) is 12.6 Å². The zero-order valence-corrected chi connectivity index (χ0v) is 20.1. The van der Waals surface area contributed by atoms with E-state index in [0.717, 1.165) is 70.0 Å². The van der Waals surface area contributed by atoms with Crippen molar-refractivity contribution >= 4 is 15.9 Å². The highest BCUT2D eigenvalue weighted by molar-refractivity contribution is 7.90. The van der Waals surface area contributed by atoms with Gasteiger partial charge in [0.15, 0.2) is 6.61 Å². The van der Waals surface area contributed by atoms with E-state index in [-0.39, 0.29) is 36.0 Å². The number of fused-ring (bicyclic) bond motifs is 5. The molecule has 2 saturated carbocycles. The molecule has 0 unspecified atom stereocenters. The molecule has 3 heterocycles. The van der Waals surface area contributed by atoms with E-state index in [1.54, 1.807) is 4.90 Å². The Morgan fingerprint density at radius 3 is 2.48 bits per heavy atom. The summed E-state index contributed by atoms with van der Waals surface area (Å²) in [6, 6.07) is 7.43. The summed E-state index contributed by atoms with van der Waals surface area (Å²) in [7, 11) is -3.41. The van der Waals surface area contributed by atoms with Crippen LogP contribution in [0.1, 0.15) is 75.7 Å². The number of hydrogen-bond acceptors (Lipinski definition) is 5. The summed E-state index contributed by atoms with van der Waals surface area (Å²) in [6.07, 6.45) is 9.03. The summed E-state index contributed by atoms with van der Waals surface area (Å²) < 4.78 is 41.5. The second-order valence-electron chi connectivity index (χ2n) is 10.1. The van der Waals surface area contributed by atoms with Gasteiger partial charge in [-0.2, -0.15) is 0 Å². The molecule has 2 atom stereocenters. The van der Waals surface area contributed by atoms with Crippen LogP contribution in [0.15, 0.2) is 24.3 Å². The van der Waals surface area contributed by atoms with Gasteiger partial charge in [-0.3, -0.25) is 4.79 Å². The largest absolute Gasteiger partial charge is 0.483 e. The second-order valence-corrected chi connectivity index (χ2v) is 12.1. The molecule has 182 valence electrons. The smallest absolute Gasteiger partial charge is 0.260 e. The zero-order chi connectivity index (χ0) is 22.8. The highest BCUT2D eigenvalue weighted by atomic mass is 32.2. The molecule has 1 amide bonds. The summed E-state index contributed by atoms with van der Waals surface area (Å²) >= 11 is 0. The fourth-order valence-electron chi connectivity index (χ4n) is 6.16. The average molecular weight is 477 g/mol. The molecule has 1 N–H and O–H groups in total. The Kier molecular flexibility index (Phi) is 6.95. The standard InChI is InChI=1S/C25H36N2O5S/c28-25-17-32-24-10-4-3-8-21(24)18-11-13-19(14-12-18)31-16-23-22(9-5-15-27(23)25)26-33(29,30)20-6-1-2-7-20/h3-4,8,10,18-20,22-23,26H,1-2,5-7,9,11-17H2/t18?,19?,22-,23-/m0/s1. The molecule has 1 aromatic carbocycles. The van der Waals surface area contributed by atoms with Crippen LogP contribution in [0.3, 0.4) is 0 Å². The number of ether oxygens (including phenoxy) is 2. The molecule has 7 nitrogen and oxygen atoms in total. The number of hydrogen-bond donors (Lipinski definition) is 1. The predicted octanol–water partition coefficient (Wildman–Crippen LogP) is 3.34. The minimum Gasteiger partial charge on any atom is -0.483 e. The molecular formula is C25H36N2O5S. The van der Waals surface area contributed by atoms with E-state index >= 15 is 0 Å². The number of sulfonamides is 1. The van der Waals surface area contributed by atoms with Crippen molar-refractivity contribution in [2.24, 2.45) is 0 Å². The first-order valence-corrected chi connectivity index (χ1v) is 14.2. The summed E-state index contributed by atoms with van der Waals surface area (Å²) in [5.41, 5.74) is 1.18. The summed E-state index contributed by atoms with van der Waals surface area (Å²) in [4.78, 5) is 15.1. The van der Waals surface area contributed by atoms with Gasteiger partial charge >= 0.3 is 0 Å².